The fourth-order valence-corrected chi connectivity index (χ4v) is 11.9. The smallest absolute Gasteiger partial charge is 0.231 e. The lowest BCUT2D eigenvalue weighted by molar-refractivity contribution is -0.120. The number of allylic oxidation sites excluding steroid dienone is 3. The first kappa shape index (κ1) is 76.7. The van der Waals surface area contributed by atoms with E-state index in [1.54, 1.807) is 33.0 Å². The summed E-state index contributed by atoms with van der Waals surface area (Å²) in [6.07, 6.45) is 31.7. The Bertz CT molecular complexity index is 2940. The molecule has 0 spiro atoms. The number of pyridine rings is 1. The average molecular weight is 1210 g/mol. The van der Waals surface area contributed by atoms with Crippen LogP contribution in [-0.2, 0) is 30.7 Å². The van der Waals surface area contributed by atoms with Crippen molar-refractivity contribution < 1.29 is 18.4 Å². The van der Waals surface area contributed by atoms with Gasteiger partial charge in [0, 0.05) is 42.3 Å². The van der Waals surface area contributed by atoms with E-state index in [2.05, 4.69) is 135 Å². The summed E-state index contributed by atoms with van der Waals surface area (Å²) in [5.74, 6) is 3.47. The first-order valence-electron chi connectivity index (χ1n) is 34.7. The molecule has 88 heavy (non-hydrogen) atoms. The standard InChI is InChI=1S/C35H35FN2O.C16H23NO.C9H18.C8H13F.C7H16.C4H10.C2H6/c1-20-15-21(2)37-35-28(8-6-7-24-9-11-25(12-10-24)23(4)39)34(30(17-29(20)35)26-13-14-26)33-22(3)32(36)16-27-18-38(5)19-31(27)33;1-4-5-11(2)6-7-12-8-9-13-14(10-12)15(13)16(18)17-3;1-2-3-6-9-7-4-5-8-9;1-4-5-6-8(9)7(2)3;1-4-6-7(3)5-2;1-3-4-2;1-2/h6,8-12,15-17,26H,7,13-14,18-19H2,1-5H3;8-11,15H,4-7H2,1-3H3,(H,17,18);9H,2-8H2,1H3;4,8H,1-2,5-6H2,3H3;7H,4-6H2,1-3H3;3-4H2,1-2H3;1-2H3. The van der Waals surface area contributed by atoms with Crippen molar-refractivity contribution >= 4 is 28.7 Å². The highest BCUT2D eigenvalue weighted by Crippen LogP contribution is 2.51. The summed E-state index contributed by atoms with van der Waals surface area (Å²) in [6.45, 7) is 40.0. The van der Waals surface area contributed by atoms with Crippen LogP contribution in [-0.4, -0.2) is 41.8 Å². The SMILES string of the molecule is C=CCCC(F)C(=C)C.CC.CC(=O)c1ccc(CC=Cc2c(-c3c(C)c(F)cc4c3CN(C)C4)c(C3CC3)cc3c(C)cc(C)nc23)cc1.CCCC.CCCC(C)CC.CCCC(C)CCc1ccc2c(c1)C2C(=O)NC.CCCCC1CCCC1. The van der Waals surface area contributed by atoms with Gasteiger partial charge in [0.2, 0.25) is 5.91 Å². The van der Waals surface area contributed by atoms with E-state index in [0.29, 0.717) is 17.9 Å². The van der Waals surface area contributed by atoms with E-state index in [4.69, 9.17) is 4.98 Å². The summed E-state index contributed by atoms with van der Waals surface area (Å²) in [7, 11) is 3.81. The van der Waals surface area contributed by atoms with Crippen LogP contribution in [0.25, 0.3) is 28.1 Å². The number of carbonyl (C=O) groups is 2. The highest BCUT2D eigenvalue weighted by molar-refractivity contribution is 6.00. The van der Waals surface area contributed by atoms with E-state index in [1.165, 1.54) is 148 Å². The van der Waals surface area contributed by atoms with Crippen LogP contribution in [0.2, 0.25) is 0 Å². The fourth-order valence-electron chi connectivity index (χ4n) is 11.9. The number of nitrogens with one attached hydrogen (secondary N) is 1. The van der Waals surface area contributed by atoms with Crippen LogP contribution in [0.5, 0.6) is 0 Å². The third kappa shape index (κ3) is 24.7. The zero-order chi connectivity index (χ0) is 65.5. The number of ketones is 1. The molecular weight excluding hydrogens is 1080 g/mol. The normalized spacial score (nSPS) is 15.5. The molecule has 5 nitrogen and oxygen atoms in total. The number of Topliss-reactive ketones (excluding diaryl/α,β-unsaturated/α-hetero) is 1. The number of hydrogen-bond donors (Lipinski definition) is 1. The van der Waals surface area contributed by atoms with Crippen molar-refractivity contribution in [2.24, 2.45) is 17.8 Å². The number of carbonyl (C=O) groups excluding carboxylic acids is 2. The Morgan fingerprint density at radius 1 is 0.761 bits per heavy atom. The van der Waals surface area contributed by atoms with Crippen LogP contribution >= 0.6 is 0 Å². The molecule has 4 aromatic carbocycles. The third-order valence-corrected chi connectivity index (χ3v) is 17.8. The Balaban J connectivity index is 0.000000339. The number of hydrogen-bond acceptors (Lipinski definition) is 4. The molecule has 0 bridgehead atoms. The summed E-state index contributed by atoms with van der Waals surface area (Å²) >= 11 is 0. The molecule has 9 rings (SSSR count). The highest BCUT2D eigenvalue weighted by Gasteiger charge is 2.38. The van der Waals surface area contributed by atoms with Gasteiger partial charge in [-0.25, -0.2) is 8.78 Å². The minimum Gasteiger partial charge on any atom is -0.358 e. The number of likely N-dealkylation sites (N-methyl/N-ethyl adjacent to an activating group) is 1. The molecule has 0 radical (unpaired) electrons. The largest absolute Gasteiger partial charge is 0.358 e. The maximum atomic E-state index is 15.5. The van der Waals surface area contributed by atoms with E-state index >= 15 is 4.39 Å². The van der Waals surface area contributed by atoms with E-state index < -0.39 is 6.17 Å². The van der Waals surface area contributed by atoms with Crippen molar-refractivity contribution in [2.75, 3.05) is 14.1 Å². The Labute approximate surface area is 536 Å². The quantitative estimate of drug-likeness (QED) is 0.0523. The van der Waals surface area contributed by atoms with Gasteiger partial charge in [-0.3, -0.25) is 19.5 Å². The maximum Gasteiger partial charge on any atom is 0.231 e. The summed E-state index contributed by atoms with van der Waals surface area (Å²) in [5, 5.41) is 3.90. The van der Waals surface area contributed by atoms with E-state index in [1.807, 2.05) is 52.0 Å². The molecule has 7 heteroatoms. The molecular formula is C81H121F2N3O2. The lowest BCUT2D eigenvalue weighted by Crippen LogP contribution is -2.18. The van der Waals surface area contributed by atoms with Crippen molar-refractivity contribution in [1.82, 2.24) is 15.2 Å². The number of fused-ring (bicyclic) bond motifs is 3. The van der Waals surface area contributed by atoms with Gasteiger partial charge < -0.3 is 5.32 Å². The van der Waals surface area contributed by atoms with Crippen molar-refractivity contribution in [3.8, 4) is 11.1 Å². The zero-order valence-electron chi connectivity index (χ0n) is 58.6. The second kappa shape index (κ2) is 41.0. The number of alkyl halides is 1. The van der Waals surface area contributed by atoms with E-state index in [9.17, 15) is 14.0 Å². The average Bonchev–Trinajstić information content (AvgIpc) is 1.44. The lowest BCUT2D eigenvalue weighted by atomic mass is 9.83. The van der Waals surface area contributed by atoms with Gasteiger partial charge >= 0.3 is 0 Å². The Kier molecular flexibility index (Phi) is 35.7. The lowest BCUT2D eigenvalue weighted by Gasteiger charge is -2.22. The Hall–Kier alpha value is -5.53. The topological polar surface area (TPSA) is 62.3 Å². The number of amides is 1. The van der Waals surface area contributed by atoms with Crippen LogP contribution in [0, 0.1) is 44.3 Å². The Morgan fingerprint density at radius 3 is 1.94 bits per heavy atom. The van der Waals surface area contributed by atoms with Crippen LogP contribution in [0.1, 0.15) is 289 Å². The predicted octanol–water partition coefficient (Wildman–Crippen LogP) is 23.4. The van der Waals surface area contributed by atoms with E-state index in [0.717, 1.165) is 100 Å². The molecule has 1 N–H and O–H groups in total. The van der Waals surface area contributed by atoms with Crippen molar-refractivity contribution in [3.63, 3.8) is 0 Å². The molecule has 0 saturated heterocycles. The number of aromatic nitrogens is 1. The highest BCUT2D eigenvalue weighted by atomic mass is 19.1. The molecule has 2 saturated carbocycles. The predicted molar refractivity (Wildman–Crippen MR) is 379 cm³/mol. The number of benzene rings is 4. The molecule has 3 aliphatic carbocycles. The first-order chi connectivity index (χ1) is 42.2. The number of aryl methyl sites for hydroxylation is 3. The van der Waals surface area contributed by atoms with Crippen LogP contribution in [0.3, 0.4) is 0 Å². The molecule has 486 valence electrons. The summed E-state index contributed by atoms with van der Waals surface area (Å²) in [4.78, 5) is 30.6. The van der Waals surface area contributed by atoms with Crippen LogP contribution < -0.4 is 5.32 Å². The van der Waals surface area contributed by atoms with Gasteiger partial charge in [0.05, 0.1) is 11.4 Å². The van der Waals surface area contributed by atoms with E-state index in [-0.39, 0.29) is 23.4 Å². The van der Waals surface area contributed by atoms with Gasteiger partial charge in [-0.1, -0.05) is 226 Å². The number of halogens is 2. The van der Waals surface area contributed by atoms with Gasteiger partial charge in [0.1, 0.15) is 12.0 Å². The van der Waals surface area contributed by atoms with Crippen LogP contribution in [0.4, 0.5) is 8.78 Å². The molecule has 4 unspecified atom stereocenters. The summed E-state index contributed by atoms with van der Waals surface area (Å²) in [5.41, 5.74) is 17.2. The number of unbranched alkanes of at least 4 members (excludes halogenated alkanes) is 2. The number of nitrogens with zero attached hydrogens (tertiary/aromatic N) is 2. The molecule has 1 aliphatic heterocycles. The van der Waals surface area contributed by atoms with Gasteiger partial charge in [-0.2, -0.15) is 0 Å². The minimum atomic E-state index is -0.844. The summed E-state index contributed by atoms with van der Waals surface area (Å²) < 4.78 is 28.0. The van der Waals surface area contributed by atoms with Crippen molar-refractivity contribution in [2.45, 2.75) is 270 Å². The number of rotatable bonds is 23. The molecule has 1 aromatic heterocycles. The van der Waals surface area contributed by atoms with Gasteiger partial charge in [-0.05, 0) is 195 Å². The molecule has 1 amide bonds. The first-order valence-corrected chi connectivity index (χ1v) is 34.7. The zero-order valence-corrected chi connectivity index (χ0v) is 58.6. The van der Waals surface area contributed by atoms with Crippen molar-refractivity contribution in [1.29, 1.82) is 0 Å². The monoisotopic (exact) mass is 1210 g/mol. The molecule has 5 aromatic rings. The second-order valence-corrected chi connectivity index (χ2v) is 25.8. The minimum absolute atomic E-state index is 0.0387. The third-order valence-electron chi connectivity index (χ3n) is 17.8. The van der Waals surface area contributed by atoms with Gasteiger partial charge in [0.25, 0.3) is 0 Å². The van der Waals surface area contributed by atoms with Crippen molar-refractivity contribution in [3.05, 3.63) is 164 Å². The van der Waals surface area contributed by atoms with Crippen LogP contribution in [0.15, 0.2) is 91.5 Å². The molecule has 2 fully saturated rings. The van der Waals surface area contributed by atoms with Gasteiger partial charge in [0.15, 0.2) is 5.78 Å². The second-order valence-electron chi connectivity index (χ2n) is 25.8. The maximum absolute atomic E-state index is 15.5. The molecule has 4 aliphatic rings. The molecule has 4 atom stereocenters. The molecule has 2 heterocycles. The Morgan fingerprint density at radius 2 is 1.40 bits per heavy atom. The summed E-state index contributed by atoms with van der Waals surface area (Å²) in [6, 6.07) is 20.6. The van der Waals surface area contributed by atoms with Gasteiger partial charge in [-0.15, -0.1) is 6.58 Å². The fraction of sp³-hybridized carbons (Fsp3) is 0.568.